The number of pyridine rings is 1. The van der Waals surface area contributed by atoms with Gasteiger partial charge in [-0.05, 0) is 42.7 Å². The molecule has 2 aromatic rings. The number of hydrogen-bond acceptors (Lipinski definition) is 6. The summed E-state index contributed by atoms with van der Waals surface area (Å²) in [5.74, 6) is 1.95. The van der Waals surface area contributed by atoms with Gasteiger partial charge in [0.1, 0.15) is 0 Å². The minimum Gasteiger partial charge on any atom is -0.493 e. The molecule has 1 aliphatic rings. The van der Waals surface area contributed by atoms with Crippen LogP contribution in [0.3, 0.4) is 0 Å². The fourth-order valence-corrected chi connectivity index (χ4v) is 3.47. The number of methoxy groups -OCH3 is 3. The van der Waals surface area contributed by atoms with Crippen LogP contribution in [0, 0.1) is 0 Å². The third-order valence-corrected chi connectivity index (χ3v) is 4.73. The molecule has 0 aliphatic carbocycles. The lowest BCUT2D eigenvalue weighted by atomic mass is 10.1. The summed E-state index contributed by atoms with van der Waals surface area (Å²) in [4.78, 5) is 6.84. The maximum Gasteiger partial charge on any atom is 0.203 e. The van der Waals surface area contributed by atoms with Crippen molar-refractivity contribution in [1.29, 1.82) is 0 Å². The molecule has 1 saturated heterocycles. The molecule has 0 amide bonds. The van der Waals surface area contributed by atoms with Crippen LogP contribution < -0.4 is 14.2 Å². The molecule has 0 radical (unpaired) electrons. The van der Waals surface area contributed by atoms with Gasteiger partial charge in [-0.25, -0.2) is 0 Å². The quantitative estimate of drug-likeness (QED) is 0.673. The second-order valence-corrected chi connectivity index (χ2v) is 6.66. The molecular formula is C21H28N2O4. The number of rotatable bonds is 9. The first-order valence-corrected chi connectivity index (χ1v) is 9.26. The van der Waals surface area contributed by atoms with E-state index < -0.39 is 0 Å². The van der Waals surface area contributed by atoms with E-state index in [1.165, 1.54) is 0 Å². The van der Waals surface area contributed by atoms with Gasteiger partial charge in [0.05, 0.1) is 33.1 Å². The molecule has 6 heteroatoms. The van der Waals surface area contributed by atoms with Crippen molar-refractivity contribution < 1.29 is 18.9 Å². The Bertz CT molecular complexity index is 692. The maximum absolute atomic E-state index is 5.85. The number of benzene rings is 1. The first-order chi connectivity index (χ1) is 13.2. The van der Waals surface area contributed by atoms with Crippen LogP contribution in [0.2, 0.25) is 0 Å². The third kappa shape index (κ3) is 5.11. The van der Waals surface area contributed by atoms with E-state index in [2.05, 4.69) is 16.0 Å². The fraction of sp³-hybridized carbons (Fsp3) is 0.476. The highest BCUT2D eigenvalue weighted by Crippen LogP contribution is 2.38. The Morgan fingerprint density at radius 2 is 1.85 bits per heavy atom. The van der Waals surface area contributed by atoms with Crippen molar-refractivity contribution in [2.75, 3.05) is 34.5 Å². The van der Waals surface area contributed by atoms with Crippen molar-refractivity contribution in [1.82, 2.24) is 9.88 Å². The molecule has 1 unspecified atom stereocenters. The number of ether oxygens (including phenoxy) is 4. The summed E-state index contributed by atoms with van der Waals surface area (Å²) in [5, 5.41) is 0. The summed E-state index contributed by atoms with van der Waals surface area (Å²) < 4.78 is 22.3. The molecule has 6 nitrogen and oxygen atoms in total. The Labute approximate surface area is 161 Å². The average Bonchev–Trinajstić information content (AvgIpc) is 3.20. The second kappa shape index (κ2) is 9.58. The van der Waals surface area contributed by atoms with E-state index in [9.17, 15) is 0 Å². The molecule has 2 heterocycles. The molecule has 0 N–H and O–H groups in total. The molecule has 27 heavy (non-hydrogen) atoms. The van der Waals surface area contributed by atoms with Gasteiger partial charge in [-0.3, -0.25) is 9.88 Å². The molecule has 146 valence electrons. The van der Waals surface area contributed by atoms with Crippen molar-refractivity contribution >= 4 is 0 Å². The summed E-state index contributed by atoms with van der Waals surface area (Å²) in [7, 11) is 4.89. The van der Waals surface area contributed by atoms with Crippen molar-refractivity contribution in [3.05, 3.63) is 47.8 Å². The highest BCUT2D eigenvalue weighted by molar-refractivity contribution is 5.53. The summed E-state index contributed by atoms with van der Waals surface area (Å²) in [6, 6.07) is 10.0. The summed E-state index contributed by atoms with van der Waals surface area (Å²) in [6.07, 6.45) is 4.34. The van der Waals surface area contributed by atoms with Gasteiger partial charge in [-0.1, -0.05) is 6.07 Å². The van der Waals surface area contributed by atoms with Crippen LogP contribution in [0.25, 0.3) is 0 Å². The van der Waals surface area contributed by atoms with Crippen LogP contribution in [-0.4, -0.2) is 50.5 Å². The van der Waals surface area contributed by atoms with Gasteiger partial charge < -0.3 is 18.9 Å². The fourth-order valence-electron chi connectivity index (χ4n) is 3.47. The molecule has 0 saturated carbocycles. The highest BCUT2D eigenvalue weighted by atomic mass is 16.5. The van der Waals surface area contributed by atoms with Gasteiger partial charge in [0.15, 0.2) is 11.5 Å². The zero-order valence-electron chi connectivity index (χ0n) is 16.3. The predicted molar refractivity (Wildman–Crippen MR) is 103 cm³/mol. The molecular weight excluding hydrogens is 344 g/mol. The minimum atomic E-state index is 0.274. The van der Waals surface area contributed by atoms with E-state index in [0.29, 0.717) is 17.2 Å². The van der Waals surface area contributed by atoms with Crippen LogP contribution in [0.5, 0.6) is 17.2 Å². The smallest absolute Gasteiger partial charge is 0.203 e. The normalized spacial score (nSPS) is 16.5. The molecule has 1 fully saturated rings. The molecule has 1 atom stereocenters. The van der Waals surface area contributed by atoms with Crippen LogP contribution in [0.1, 0.15) is 24.1 Å². The maximum atomic E-state index is 5.85. The van der Waals surface area contributed by atoms with Crippen molar-refractivity contribution in [3.63, 3.8) is 0 Å². The lowest BCUT2D eigenvalue weighted by Gasteiger charge is -2.25. The molecule has 0 bridgehead atoms. The zero-order chi connectivity index (χ0) is 19.1. The number of aromatic nitrogens is 1. The predicted octanol–water partition coefficient (Wildman–Crippen LogP) is 3.29. The van der Waals surface area contributed by atoms with Gasteiger partial charge in [-0.15, -0.1) is 0 Å². The standard InChI is InChI=1S/C21H28N2O4/c1-24-19-11-16(12-20(25-2)21(19)26-3)13-23(15-18-8-6-10-27-18)14-17-7-4-5-9-22-17/h4-5,7,9,11-12,18H,6,8,10,13-15H2,1-3H3. The van der Waals surface area contributed by atoms with Crippen LogP contribution in [0.4, 0.5) is 0 Å². The Hall–Kier alpha value is -2.31. The molecule has 1 aromatic carbocycles. The van der Waals surface area contributed by atoms with E-state index >= 15 is 0 Å². The first kappa shape index (κ1) is 19.5. The van der Waals surface area contributed by atoms with Gasteiger partial charge in [0, 0.05) is 32.4 Å². The molecule has 1 aromatic heterocycles. The highest BCUT2D eigenvalue weighted by Gasteiger charge is 2.21. The van der Waals surface area contributed by atoms with Gasteiger partial charge in [-0.2, -0.15) is 0 Å². The van der Waals surface area contributed by atoms with Gasteiger partial charge in [0.2, 0.25) is 5.75 Å². The lowest BCUT2D eigenvalue weighted by Crippen LogP contribution is -2.31. The summed E-state index contributed by atoms with van der Waals surface area (Å²) >= 11 is 0. The van der Waals surface area contributed by atoms with E-state index in [1.807, 2.05) is 30.5 Å². The van der Waals surface area contributed by atoms with E-state index in [-0.39, 0.29) is 6.10 Å². The topological polar surface area (TPSA) is 53.1 Å². The second-order valence-electron chi connectivity index (χ2n) is 6.66. The van der Waals surface area contributed by atoms with E-state index in [1.54, 1.807) is 21.3 Å². The molecule has 3 rings (SSSR count). The monoisotopic (exact) mass is 372 g/mol. The van der Waals surface area contributed by atoms with E-state index in [4.69, 9.17) is 18.9 Å². The Morgan fingerprint density at radius 3 is 2.41 bits per heavy atom. The van der Waals surface area contributed by atoms with Crippen molar-refractivity contribution in [2.24, 2.45) is 0 Å². The SMILES string of the molecule is COc1cc(CN(Cc2ccccn2)CC2CCCO2)cc(OC)c1OC. The minimum absolute atomic E-state index is 0.274. The first-order valence-electron chi connectivity index (χ1n) is 9.26. The average molecular weight is 372 g/mol. The Balaban J connectivity index is 1.81. The number of hydrogen-bond donors (Lipinski definition) is 0. The van der Waals surface area contributed by atoms with Gasteiger partial charge >= 0.3 is 0 Å². The third-order valence-electron chi connectivity index (χ3n) is 4.73. The Kier molecular flexibility index (Phi) is 6.90. The molecule has 0 spiro atoms. The van der Waals surface area contributed by atoms with Crippen molar-refractivity contribution in [3.8, 4) is 17.2 Å². The van der Waals surface area contributed by atoms with E-state index in [0.717, 1.165) is 50.3 Å². The van der Waals surface area contributed by atoms with Crippen LogP contribution in [0.15, 0.2) is 36.5 Å². The van der Waals surface area contributed by atoms with Gasteiger partial charge in [0.25, 0.3) is 0 Å². The summed E-state index contributed by atoms with van der Waals surface area (Å²) in [6.45, 7) is 3.23. The van der Waals surface area contributed by atoms with Crippen molar-refractivity contribution in [2.45, 2.75) is 32.0 Å². The molecule has 1 aliphatic heterocycles. The van der Waals surface area contributed by atoms with Crippen LogP contribution in [-0.2, 0) is 17.8 Å². The zero-order valence-corrected chi connectivity index (χ0v) is 16.3. The van der Waals surface area contributed by atoms with Crippen LogP contribution >= 0.6 is 0 Å². The number of nitrogens with zero attached hydrogens (tertiary/aromatic N) is 2. The lowest BCUT2D eigenvalue weighted by molar-refractivity contribution is 0.0674. The largest absolute Gasteiger partial charge is 0.493 e. The summed E-state index contributed by atoms with van der Waals surface area (Å²) in [5.41, 5.74) is 2.14. The Morgan fingerprint density at radius 1 is 1.07 bits per heavy atom.